The number of nitrogens with two attached hydrogens (primary N) is 1. The molecule has 31 heavy (non-hydrogen) atoms. The largest absolute Gasteiger partial charge is 0.368 e. The molecule has 8 nitrogen and oxygen atoms in total. The van der Waals surface area contributed by atoms with Crippen LogP contribution >= 0.6 is 23.1 Å². The van der Waals surface area contributed by atoms with E-state index in [1.54, 1.807) is 23.0 Å². The molecule has 0 saturated carbocycles. The summed E-state index contributed by atoms with van der Waals surface area (Å²) in [5.41, 5.74) is 9.11. The molecule has 3 heterocycles. The maximum absolute atomic E-state index is 13.0. The van der Waals surface area contributed by atoms with Crippen molar-refractivity contribution in [2.45, 2.75) is 37.1 Å². The number of aryl methyl sites for hydroxylation is 3. The molecule has 0 aliphatic heterocycles. The third-order valence-electron chi connectivity index (χ3n) is 5.33. The number of rotatable bonds is 5. The minimum Gasteiger partial charge on any atom is -0.368 e. The van der Waals surface area contributed by atoms with E-state index in [4.69, 9.17) is 10.7 Å². The maximum atomic E-state index is 13.0. The van der Waals surface area contributed by atoms with Gasteiger partial charge < -0.3 is 11.1 Å². The minimum absolute atomic E-state index is 0.0176. The predicted octanol–water partition coefficient (Wildman–Crippen LogP) is 3.60. The number of para-hydroxylation sites is 1. The van der Waals surface area contributed by atoms with Gasteiger partial charge in [-0.05, 0) is 43.4 Å². The first-order valence-electron chi connectivity index (χ1n) is 9.97. The number of hydrogen-bond donors (Lipinski definition) is 2. The number of fused-ring (bicyclic) bond motifs is 3. The molecule has 0 saturated heterocycles. The molecular weight excluding hydrogens is 430 g/mol. The summed E-state index contributed by atoms with van der Waals surface area (Å²) in [6.07, 6.45) is 3.14. The fourth-order valence-electron chi connectivity index (χ4n) is 3.76. The van der Waals surface area contributed by atoms with Crippen molar-refractivity contribution in [2.24, 2.45) is 7.05 Å². The van der Waals surface area contributed by atoms with Crippen molar-refractivity contribution in [3.05, 3.63) is 56.4 Å². The highest BCUT2D eigenvalue weighted by Gasteiger charge is 2.22. The van der Waals surface area contributed by atoms with E-state index in [-0.39, 0.29) is 11.5 Å². The van der Waals surface area contributed by atoms with E-state index in [9.17, 15) is 4.79 Å². The second kappa shape index (κ2) is 7.93. The van der Waals surface area contributed by atoms with Gasteiger partial charge in [0, 0.05) is 17.6 Å². The molecule has 1 aliphatic carbocycles. The van der Waals surface area contributed by atoms with Crippen LogP contribution in [0.2, 0.25) is 0 Å². The number of thiophene rings is 1. The Morgan fingerprint density at radius 3 is 2.87 bits per heavy atom. The molecule has 0 amide bonds. The SMILES string of the molecule is Cc1ccccc1Nc1nc(N)nc(CSc2nc3sc4c(c3c(=O)n2C)CCC4)n1. The fraction of sp³-hybridized carbons (Fsp3) is 0.286. The average molecular weight is 452 g/mol. The summed E-state index contributed by atoms with van der Waals surface area (Å²) in [4.78, 5) is 32.8. The highest BCUT2D eigenvalue weighted by molar-refractivity contribution is 7.98. The van der Waals surface area contributed by atoms with Crippen molar-refractivity contribution in [3.8, 4) is 0 Å². The quantitative estimate of drug-likeness (QED) is 0.350. The Balaban J connectivity index is 1.40. The van der Waals surface area contributed by atoms with Crippen molar-refractivity contribution in [3.63, 3.8) is 0 Å². The average Bonchev–Trinajstić information content (AvgIpc) is 3.32. The van der Waals surface area contributed by atoms with E-state index >= 15 is 0 Å². The van der Waals surface area contributed by atoms with Gasteiger partial charge in [0.25, 0.3) is 5.56 Å². The lowest BCUT2D eigenvalue weighted by molar-refractivity contribution is 0.726. The summed E-state index contributed by atoms with van der Waals surface area (Å²) in [5.74, 6) is 1.49. The van der Waals surface area contributed by atoms with Gasteiger partial charge in [-0.15, -0.1) is 11.3 Å². The van der Waals surface area contributed by atoms with Crippen LogP contribution in [0.15, 0.2) is 34.2 Å². The van der Waals surface area contributed by atoms with Crippen LogP contribution in [-0.4, -0.2) is 24.5 Å². The number of benzene rings is 1. The van der Waals surface area contributed by atoms with Gasteiger partial charge in [0.15, 0.2) is 5.16 Å². The van der Waals surface area contributed by atoms with Crippen molar-refractivity contribution in [1.29, 1.82) is 0 Å². The first kappa shape index (κ1) is 20.0. The molecule has 4 aromatic rings. The van der Waals surface area contributed by atoms with Crippen LogP contribution in [0, 0.1) is 6.92 Å². The smallest absolute Gasteiger partial charge is 0.262 e. The summed E-state index contributed by atoms with van der Waals surface area (Å²) >= 11 is 3.06. The molecule has 3 aromatic heterocycles. The number of aromatic nitrogens is 5. The Morgan fingerprint density at radius 1 is 1.19 bits per heavy atom. The molecule has 0 fully saturated rings. The number of anilines is 3. The van der Waals surface area contributed by atoms with Gasteiger partial charge in [-0.1, -0.05) is 30.0 Å². The Morgan fingerprint density at radius 2 is 2.03 bits per heavy atom. The van der Waals surface area contributed by atoms with Crippen LogP contribution in [0.3, 0.4) is 0 Å². The molecule has 10 heteroatoms. The Hall–Kier alpha value is -2.98. The normalized spacial score (nSPS) is 13.0. The zero-order chi connectivity index (χ0) is 21.5. The molecule has 0 spiro atoms. The zero-order valence-electron chi connectivity index (χ0n) is 17.2. The lowest BCUT2D eigenvalue weighted by Crippen LogP contribution is -2.20. The summed E-state index contributed by atoms with van der Waals surface area (Å²) in [7, 11) is 1.77. The zero-order valence-corrected chi connectivity index (χ0v) is 18.8. The van der Waals surface area contributed by atoms with Crippen molar-refractivity contribution < 1.29 is 0 Å². The van der Waals surface area contributed by atoms with Crippen LogP contribution in [0.1, 0.15) is 28.2 Å². The van der Waals surface area contributed by atoms with Gasteiger partial charge in [-0.3, -0.25) is 9.36 Å². The van der Waals surface area contributed by atoms with E-state index in [1.165, 1.54) is 22.2 Å². The standard InChI is InChI=1S/C21H21N7OS2/c1-11-6-3-4-8-13(11)23-20-25-15(24-19(22)27-20)10-30-21-26-17-16(18(29)28(21)2)12-7-5-9-14(12)31-17/h3-4,6,8H,5,7,9-10H2,1-2H3,(H3,22,23,24,25,27). The van der Waals surface area contributed by atoms with Crippen LogP contribution in [0.4, 0.5) is 17.6 Å². The van der Waals surface area contributed by atoms with Gasteiger partial charge in [-0.2, -0.15) is 15.0 Å². The van der Waals surface area contributed by atoms with E-state index in [0.717, 1.165) is 40.7 Å². The van der Waals surface area contributed by atoms with E-state index in [0.29, 0.717) is 22.7 Å². The van der Waals surface area contributed by atoms with Crippen molar-refractivity contribution >= 4 is 50.9 Å². The molecule has 1 aliphatic rings. The third-order valence-corrected chi connectivity index (χ3v) is 7.54. The number of thioether (sulfide) groups is 1. The first-order valence-corrected chi connectivity index (χ1v) is 11.8. The topological polar surface area (TPSA) is 112 Å². The molecular formula is C21H21N7OS2. The summed E-state index contributed by atoms with van der Waals surface area (Å²) < 4.78 is 1.62. The van der Waals surface area contributed by atoms with Crippen LogP contribution in [-0.2, 0) is 25.6 Å². The van der Waals surface area contributed by atoms with E-state index in [1.807, 2.05) is 31.2 Å². The van der Waals surface area contributed by atoms with Gasteiger partial charge in [-0.25, -0.2) is 4.98 Å². The monoisotopic (exact) mass is 451 g/mol. The van der Waals surface area contributed by atoms with Crippen LogP contribution in [0.5, 0.6) is 0 Å². The second-order valence-electron chi connectivity index (χ2n) is 7.46. The van der Waals surface area contributed by atoms with Crippen molar-refractivity contribution in [2.75, 3.05) is 11.1 Å². The predicted molar refractivity (Wildman–Crippen MR) is 125 cm³/mol. The summed E-state index contributed by atoms with van der Waals surface area (Å²) in [5, 5.41) is 4.63. The molecule has 5 rings (SSSR count). The highest BCUT2D eigenvalue weighted by atomic mass is 32.2. The van der Waals surface area contributed by atoms with Gasteiger partial charge in [0.1, 0.15) is 10.7 Å². The molecule has 158 valence electrons. The van der Waals surface area contributed by atoms with Crippen LogP contribution < -0.4 is 16.6 Å². The fourth-order valence-corrected chi connectivity index (χ4v) is 5.89. The van der Waals surface area contributed by atoms with Crippen LogP contribution in [0.25, 0.3) is 10.2 Å². The molecule has 0 radical (unpaired) electrons. The Bertz CT molecular complexity index is 1360. The molecule has 0 atom stereocenters. The molecule has 3 N–H and O–H groups in total. The van der Waals surface area contributed by atoms with E-state index < -0.39 is 0 Å². The Labute approximate surface area is 187 Å². The molecule has 0 unspecified atom stereocenters. The summed E-state index contributed by atoms with van der Waals surface area (Å²) in [6.45, 7) is 2.01. The first-order chi connectivity index (χ1) is 15.0. The number of nitrogens with one attached hydrogen (secondary N) is 1. The third kappa shape index (κ3) is 3.77. The number of nitrogens with zero attached hydrogens (tertiary/aromatic N) is 5. The van der Waals surface area contributed by atoms with Crippen molar-refractivity contribution in [1.82, 2.24) is 24.5 Å². The minimum atomic E-state index is 0.0176. The second-order valence-corrected chi connectivity index (χ2v) is 9.48. The van der Waals surface area contributed by atoms with Gasteiger partial charge in [0.2, 0.25) is 11.9 Å². The summed E-state index contributed by atoms with van der Waals surface area (Å²) in [6, 6.07) is 7.88. The molecule has 1 aromatic carbocycles. The number of hydrogen-bond acceptors (Lipinski definition) is 9. The highest BCUT2D eigenvalue weighted by Crippen LogP contribution is 2.35. The lowest BCUT2D eigenvalue weighted by Gasteiger charge is -2.10. The van der Waals surface area contributed by atoms with Gasteiger partial charge >= 0.3 is 0 Å². The van der Waals surface area contributed by atoms with Gasteiger partial charge in [0.05, 0.1) is 11.1 Å². The Kier molecular flexibility index (Phi) is 5.11. The maximum Gasteiger partial charge on any atom is 0.262 e. The lowest BCUT2D eigenvalue weighted by atomic mass is 10.2. The molecule has 0 bridgehead atoms. The van der Waals surface area contributed by atoms with E-state index in [2.05, 4.69) is 20.3 Å². The number of nitrogen functional groups attached to an aromatic ring is 1.